The standard InChI is InChI=1S/C18H26FNO2/c1-4-16(21)6-5-13-7-14(19)9-17(8-13)22-18-10-15(11-18)20-12(2)3/h7-9,12,15,18,20H,4-6,10-11H2,1-3H3. The van der Waals surface area contributed by atoms with Crippen LogP contribution in [0.5, 0.6) is 5.75 Å². The van der Waals surface area contributed by atoms with Gasteiger partial charge in [0.15, 0.2) is 0 Å². The number of hydrogen-bond acceptors (Lipinski definition) is 3. The van der Waals surface area contributed by atoms with Crippen molar-refractivity contribution in [3.05, 3.63) is 29.6 Å². The second-order valence-corrected chi connectivity index (χ2v) is 6.42. The van der Waals surface area contributed by atoms with Crippen molar-refractivity contribution < 1.29 is 13.9 Å². The van der Waals surface area contributed by atoms with E-state index < -0.39 is 0 Å². The van der Waals surface area contributed by atoms with Gasteiger partial charge in [-0.1, -0.05) is 20.8 Å². The molecule has 0 atom stereocenters. The Bertz CT molecular complexity index is 510. The third kappa shape index (κ3) is 5.09. The Morgan fingerprint density at radius 1 is 1.36 bits per heavy atom. The average Bonchev–Trinajstić information content (AvgIpc) is 2.41. The summed E-state index contributed by atoms with van der Waals surface area (Å²) >= 11 is 0. The van der Waals surface area contributed by atoms with E-state index in [2.05, 4.69) is 19.2 Å². The van der Waals surface area contributed by atoms with E-state index in [9.17, 15) is 9.18 Å². The van der Waals surface area contributed by atoms with E-state index in [4.69, 9.17) is 4.74 Å². The number of halogens is 1. The fourth-order valence-electron chi connectivity index (χ4n) is 2.76. The Morgan fingerprint density at radius 2 is 2.09 bits per heavy atom. The molecule has 0 radical (unpaired) electrons. The van der Waals surface area contributed by atoms with Gasteiger partial charge in [0.05, 0.1) is 0 Å². The van der Waals surface area contributed by atoms with Gasteiger partial charge in [-0.3, -0.25) is 4.79 Å². The molecule has 122 valence electrons. The summed E-state index contributed by atoms with van der Waals surface area (Å²) in [6.07, 6.45) is 3.64. The predicted octanol–water partition coefficient (Wildman–Crippen LogP) is 3.65. The quantitative estimate of drug-likeness (QED) is 0.797. The molecule has 0 amide bonds. The highest BCUT2D eigenvalue weighted by Crippen LogP contribution is 2.27. The van der Waals surface area contributed by atoms with Crippen LogP contribution in [0, 0.1) is 5.82 Å². The van der Waals surface area contributed by atoms with Gasteiger partial charge in [-0.05, 0) is 37.0 Å². The SMILES string of the molecule is CCC(=O)CCc1cc(F)cc(OC2CC(NC(C)C)C2)c1. The number of benzene rings is 1. The van der Waals surface area contributed by atoms with E-state index >= 15 is 0 Å². The van der Waals surface area contributed by atoms with E-state index in [1.807, 2.05) is 13.0 Å². The van der Waals surface area contributed by atoms with Crippen LogP contribution in [-0.4, -0.2) is 24.0 Å². The van der Waals surface area contributed by atoms with Crippen LogP contribution in [0.2, 0.25) is 0 Å². The first-order valence-electron chi connectivity index (χ1n) is 8.20. The highest BCUT2D eigenvalue weighted by atomic mass is 19.1. The van der Waals surface area contributed by atoms with Crippen molar-refractivity contribution in [1.82, 2.24) is 5.32 Å². The monoisotopic (exact) mass is 307 g/mol. The molecular formula is C18H26FNO2. The maximum absolute atomic E-state index is 13.7. The molecule has 4 heteroatoms. The number of aryl methyl sites for hydroxylation is 1. The number of ether oxygens (including phenoxy) is 1. The van der Waals surface area contributed by atoms with Crippen LogP contribution in [-0.2, 0) is 11.2 Å². The van der Waals surface area contributed by atoms with Crippen molar-refractivity contribution >= 4 is 5.78 Å². The van der Waals surface area contributed by atoms with Crippen LogP contribution < -0.4 is 10.1 Å². The Kier molecular flexibility index (Phi) is 5.95. The lowest BCUT2D eigenvalue weighted by Gasteiger charge is -2.37. The van der Waals surface area contributed by atoms with Gasteiger partial charge in [-0.25, -0.2) is 4.39 Å². The molecule has 0 aliphatic heterocycles. The molecule has 1 aliphatic carbocycles. The Morgan fingerprint density at radius 3 is 2.73 bits per heavy atom. The van der Waals surface area contributed by atoms with Crippen molar-refractivity contribution in [3.63, 3.8) is 0 Å². The maximum Gasteiger partial charge on any atom is 0.132 e. The second kappa shape index (κ2) is 7.73. The van der Waals surface area contributed by atoms with Gasteiger partial charge in [0.1, 0.15) is 23.5 Å². The number of ketones is 1. The van der Waals surface area contributed by atoms with Gasteiger partial charge >= 0.3 is 0 Å². The molecule has 1 aromatic carbocycles. The first-order valence-corrected chi connectivity index (χ1v) is 8.20. The molecule has 1 N–H and O–H groups in total. The van der Waals surface area contributed by atoms with Crippen LogP contribution in [0.25, 0.3) is 0 Å². The summed E-state index contributed by atoms with van der Waals surface area (Å²) in [4.78, 5) is 11.4. The molecule has 0 bridgehead atoms. The molecule has 1 aromatic rings. The summed E-state index contributed by atoms with van der Waals surface area (Å²) in [5.41, 5.74) is 0.827. The van der Waals surface area contributed by atoms with Crippen LogP contribution in [0.15, 0.2) is 18.2 Å². The summed E-state index contributed by atoms with van der Waals surface area (Å²) < 4.78 is 19.5. The van der Waals surface area contributed by atoms with Gasteiger partial charge in [0.2, 0.25) is 0 Å². The van der Waals surface area contributed by atoms with Gasteiger partial charge in [-0.2, -0.15) is 0 Å². The lowest BCUT2D eigenvalue weighted by atomic mass is 9.88. The van der Waals surface area contributed by atoms with Crippen LogP contribution in [0.4, 0.5) is 4.39 Å². The normalized spacial score (nSPS) is 20.8. The largest absolute Gasteiger partial charge is 0.490 e. The number of hydrogen-bond donors (Lipinski definition) is 1. The van der Waals surface area contributed by atoms with Crippen LogP contribution in [0.1, 0.15) is 52.0 Å². The molecule has 3 nitrogen and oxygen atoms in total. The number of carbonyl (C=O) groups excluding carboxylic acids is 1. The second-order valence-electron chi connectivity index (χ2n) is 6.42. The van der Waals surface area contributed by atoms with Crippen molar-refractivity contribution in [2.45, 2.75) is 71.1 Å². The van der Waals surface area contributed by atoms with Crippen molar-refractivity contribution in [2.75, 3.05) is 0 Å². The lowest BCUT2D eigenvalue weighted by molar-refractivity contribution is -0.118. The topological polar surface area (TPSA) is 38.3 Å². The highest BCUT2D eigenvalue weighted by molar-refractivity contribution is 5.78. The predicted molar refractivity (Wildman–Crippen MR) is 85.7 cm³/mol. The van der Waals surface area contributed by atoms with Gasteiger partial charge in [0.25, 0.3) is 0 Å². The number of Topliss-reactive ketones (excluding diaryl/α,β-unsaturated/α-hetero) is 1. The lowest BCUT2D eigenvalue weighted by Crippen LogP contribution is -2.49. The van der Waals surface area contributed by atoms with E-state index in [1.165, 1.54) is 12.1 Å². The number of nitrogens with one attached hydrogen (secondary N) is 1. The van der Waals surface area contributed by atoms with Crippen molar-refractivity contribution in [3.8, 4) is 5.75 Å². The average molecular weight is 307 g/mol. The summed E-state index contributed by atoms with van der Waals surface area (Å²) in [5.74, 6) is 0.480. The molecule has 1 fully saturated rings. The molecular weight excluding hydrogens is 281 g/mol. The molecule has 0 heterocycles. The fraction of sp³-hybridized carbons (Fsp3) is 0.611. The van der Waals surface area contributed by atoms with Gasteiger partial charge in [0, 0.05) is 31.0 Å². The summed E-state index contributed by atoms with van der Waals surface area (Å²) in [6, 6.07) is 5.74. The van der Waals surface area contributed by atoms with E-state index in [0.29, 0.717) is 37.1 Å². The summed E-state index contributed by atoms with van der Waals surface area (Å²) in [7, 11) is 0. The maximum atomic E-state index is 13.7. The first-order chi connectivity index (χ1) is 10.5. The van der Waals surface area contributed by atoms with E-state index in [-0.39, 0.29) is 17.7 Å². The molecule has 2 rings (SSSR count). The van der Waals surface area contributed by atoms with Crippen molar-refractivity contribution in [2.24, 2.45) is 0 Å². The molecule has 1 saturated carbocycles. The number of rotatable bonds is 8. The van der Waals surface area contributed by atoms with Gasteiger partial charge in [-0.15, -0.1) is 0 Å². The highest BCUT2D eigenvalue weighted by Gasteiger charge is 2.31. The molecule has 0 saturated heterocycles. The smallest absolute Gasteiger partial charge is 0.132 e. The zero-order valence-corrected chi connectivity index (χ0v) is 13.7. The zero-order valence-electron chi connectivity index (χ0n) is 13.7. The Balaban J connectivity index is 1.86. The third-order valence-electron chi connectivity index (χ3n) is 3.98. The minimum Gasteiger partial charge on any atom is -0.490 e. The molecule has 1 aliphatic rings. The van der Waals surface area contributed by atoms with Crippen molar-refractivity contribution in [1.29, 1.82) is 0 Å². The molecule has 22 heavy (non-hydrogen) atoms. The molecule has 0 aromatic heterocycles. The Hall–Kier alpha value is -1.42. The minimum absolute atomic E-state index is 0.156. The van der Waals surface area contributed by atoms with Gasteiger partial charge < -0.3 is 10.1 Å². The third-order valence-corrected chi connectivity index (χ3v) is 3.98. The van der Waals surface area contributed by atoms with Crippen LogP contribution >= 0.6 is 0 Å². The Labute approximate surface area is 132 Å². The number of carbonyl (C=O) groups is 1. The first kappa shape index (κ1) is 16.9. The summed E-state index contributed by atoms with van der Waals surface area (Å²) in [6.45, 7) is 6.11. The minimum atomic E-state index is -0.298. The zero-order chi connectivity index (χ0) is 16.1. The van der Waals surface area contributed by atoms with Crippen LogP contribution in [0.3, 0.4) is 0 Å². The fourth-order valence-corrected chi connectivity index (χ4v) is 2.76. The van der Waals surface area contributed by atoms with E-state index in [0.717, 1.165) is 18.4 Å². The summed E-state index contributed by atoms with van der Waals surface area (Å²) in [5, 5.41) is 3.47. The molecule has 0 unspecified atom stereocenters. The molecule has 0 spiro atoms. The van der Waals surface area contributed by atoms with E-state index in [1.54, 1.807) is 0 Å².